The first-order valence-corrected chi connectivity index (χ1v) is 5.76. The minimum absolute atomic E-state index is 0.121. The molecule has 1 aromatic heterocycles. The van der Waals surface area contributed by atoms with Crippen molar-refractivity contribution in [2.45, 2.75) is 18.8 Å². The minimum Gasteiger partial charge on any atom is -0.298 e. The minimum atomic E-state index is -0.840. The van der Waals surface area contributed by atoms with Crippen LogP contribution in [0.1, 0.15) is 34.1 Å². The van der Waals surface area contributed by atoms with Gasteiger partial charge in [0.25, 0.3) is 0 Å². The van der Waals surface area contributed by atoms with Crippen molar-refractivity contribution in [2.24, 2.45) is 0 Å². The van der Waals surface area contributed by atoms with E-state index in [1.54, 1.807) is 0 Å². The van der Waals surface area contributed by atoms with Gasteiger partial charge < -0.3 is 0 Å². The molecular weight excluding hydrogens is 232 g/mol. The van der Waals surface area contributed by atoms with Gasteiger partial charge in [0.15, 0.2) is 12.1 Å². The summed E-state index contributed by atoms with van der Waals surface area (Å²) in [5.41, 5.74) is -0.407. The van der Waals surface area contributed by atoms with Gasteiger partial charge >= 0.3 is 0 Å². The fraction of sp³-hybridized carbons (Fsp3) is 0.273. The van der Waals surface area contributed by atoms with Gasteiger partial charge in [-0.3, -0.25) is 4.79 Å². The van der Waals surface area contributed by atoms with Gasteiger partial charge in [0.05, 0.1) is 15.3 Å². The van der Waals surface area contributed by atoms with E-state index >= 15 is 0 Å². The maximum absolute atomic E-state index is 13.7. The number of carbonyl (C=O) groups is 1. The van der Waals surface area contributed by atoms with E-state index < -0.39 is 17.2 Å². The molecule has 0 saturated heterocycles. The zero-order chi connectivity index (χ0) is 11.3. The SMILES string of the molecule is O=Cc1c(F)cc2sc(C3CC3)nc2c1F. The lowest BCUT2D eigenvalue weighted by atomic mass is 10.2. The Labute approximate surface area is 93.9 Å². The van der Waals surface area contributed by atoms with Crippen molar-refractivity contribution in [3.63, 3.8) is 0 Å². The molecule has 0 unspecified atom stereocenters. The number of fused-ring (bicyclic) bond motifs is 1. The Bertz CT molecular complexity index is 589. The average molecular weight is 239 g/mol. The van der Waals surface area contributed by atoms with Crippen LogP contribution in [0.25, 0.3) is 10.2 Å². The molecule has 2 aromatic rings. The summed E-state index contributed by atoms with van der Waals surface area (Å²) < 4.78 is 27.5. The summed E-state index contributed by atoms with van der Waals surface area (Å²) in [5, 5.41) is 0.844. The second kappa shape index (κ2) is 3.31. The third-order valence-electron chi connectivity index (χ3n) is 2.67. The number of halogens is 2. The van der Waals surface area contributed by atoms with Crippen LogP contribution in [-0.4, -0.2) is 11.3 Å². The van der Waals surface area contributed by atoms with Gasteiger partial charge in [-0.15, -0.1) is 11.3 Å². The molecule has 16 heavy (non-hydrogen) atoms. The predicted octanol–water partition coefficient (Wildman–Crippen LogP) is 3.26. The Hall–Kier alpha value is -1.36. The van der Waals surface area contributed by atoms with E-state index in [9.17, 15) is 13.6 Å². The number of hydrogen-bond acceptors (Lipinski definition) is 3. The van der Waals surface area contributed by atoms with Gasteiger partial charge in [0.1, 0.15) is 11.3 Å². The Balaban J connectivity index is 2.29. The summed E-state index contributed by atoms with van der Waals surface area (Å²) in [7, 11) is 0. The van der Waals surface area contributed by atoms with Crippen molar-refractivity contribution in [1.29, 1.82) is 0 Å². The molecule has 1 aliphatic carbocycles. The van der Waals surface area contributed by atoms with Crippen LogP contribution in [0.5, 0.6) is 0 Å². The molecule has 0 N–H and O–H groups in total. The van der Waals surface area contributed by atoms with Crippen molar-refractivity contribution in [2.75, 3.05) is 0 Å². The number of nitrogens with zero attached hydrogens (tertiary/aromatic N) is 1. The van der Waals surface area contributed by atoms with Gasteiger partial charge in [-0.2, -0.15) is 0 Å². The molecule has 0 spiro atoms. The van der Waals surface area contributed by atoms with E-state index in [1.165, 1.54) is 17.4 Å². The highest BCUT2D eigenvalue weighted by Crippen LogP contribution is 2.43. The number of benzene rings is 1. The number of hydrogen-bond donors (Lipinski definition) is 0. The lowest BCUT2D eigenvalue weighted by molar-refractivity contribution is 0.111. The molecule has 0 atom stereocenters. The lowest BCUT2D eigenvalue weighted by Crippen LogP contribution is -1.94. The summed E-state index contributed by atoms with van der Waals surface area (Å²) >= 11 is 1.31. The molecule has 2 nitrogen and oxygen atoms in total. The van der Waals surface area contributed by atoms with Crippen LogP contribution in [0.4, 0.5) is 8.78 Å². The van der Waals surface area contributed by atoms with E-state index in [1.807, 2.05) is 0 Å². The first-order valence-electron chi connectivity index (χ1n) is 4.94. The van der Waals surface area contributed by atoms with Crippen molar-refractivity contribution in [3.05, 3.63) is 28.3 Å². The van der Waals surface area contributed by atoms with Crippen molar-refractivity contribution in [3.8, 4) is 0 Å². The molecule has 82 valence electrons. The molecule has 5 heteroatoms. The summed E-state index contributed by atoms with van der Waals surface area (Å²) in [4.78, 5) is 14.7. The van der Waals surface area contributed by atoms with Crippen LogP contribution in [0.2, 0.25) is 0 Å². The fourth-order valence-electron chi connectivity index (χ4n) is 1.64. The van der Waals surface area contributed by atoms with Crippen LogP contribution in [0.15, 0.2) is 6.07 Å². The molecule has 1 heterocycles. The largest absolute Gasteiger partial charge is 0.298 e. The van der Waals surface area contributed by atoms with Crippen molar-refractivity contribution in [1.82, 2.24) is 4.98 Å². The van der Waals surface area contributed by atoms with E-state index in [0.29, 0.717) is 10.6 Å². The summed E-state index contributed by atoms with van der Waals surface area (Å²) in [6.45, 7) is 0. The average Bonchev–Trinajstić information content (AvgIpc) is 3.00. The van der Waals surface area contributed by atoms with Crippen LogP contribution in [0.3, 0.4) is 0 Å². The van der Waals surface area contributed by atoms with E-state index in [0.717, 1.165) is 17.8 Å². The Morgan fingerprint density at radius 3 is 2.81 bits per heavy atom. The quantitative estimate of drug-likeness (QED) is 0.753. The lowest BCUT2D eigenvalue weighted by Gasteiger charge is -1.96. The molecule has 0 bridgehead atoms. The molecule has 1 aliphatic rings. The van der Waals surface area contributed by atoms with Crippen LogP contribution in [0, 0.1) is 11.6 Å². The normalized spacial score (nSPS) is 15.6. The van der Waals surface area contributed by atoms with Crippen LogP contribution >= 0.6 is 11.3 Å². The summed E-state index contributed by atoms with van der Waals surface area (Å²) in [6.07, 6.45) is 2.31. The van der Waals surface area contributed by atoms with E-state index in [4.69, 9.17) is 0 Å². The molecule has 0 amide bonds. The molecule has 1 fully saturated rings. The number of aldehydes is 1. The predicted molar refractivity (Wildman–Crippen MR) is 56.9 cm³/mol. The molecule has 0 radical (unpaired) electrons. The first kappa shape index (κ1) is 9.84. The number of rotatable bonds is 2. The van der Waals surface area contributed by atoms with Gasteiger partial charge in [-0.25, -0.2) is 13.8 Å². The molecule has 3 rings (SSSR count). The molecular formula is C11H7F2NOS. The maximum atomic E-state index is 13.7. The highest BCUT2D eigenvalue weighted by atomic mass is 32.1. The third kappa shape index (κ3) is 1.35. The van der Waals surface area contributed by atoms with E-state index in [2.05, 4.69) is 4.98 Å². The van der Waals surface area contributed by atoms with Crippen molar-refractivity contribution >= 4 is 27.8 Å². The van der Waals surface area contributed by atoms with Crippen molar-refractivity contribution < 1.29 is 13.6 Å². The third-order valence-corrected chi connectivity index (χ3v) is 3.84. The van der Waals surface area contributed by atoms with Gasteiger partial charge in [-0.05, 0) is 18.9 Å². The van der Waals surface area contributed by atoms with Gasteiger partial charge in [0.2, 0.25) is 0 Å². The standard InChI is InChI=1S/C11H7F2NOS/c12-7-3-8-10(9(13)6(7)4-15)14-11(16-8)5-1-2-5/h3-5H,1-2H2. The number of thiazole rings is 1. The molecule has 1 saturated carbocycles. The van der Waals surface area contributed by atoms with Crippen LogP contribution in [-0.2, 0) is 0 Å². The number of carbonyl (C=O) groups excluding carboxylic acids is 1. The first-order chi connectivity index (χ1) is 7.70. The highest BCUT2D eigenvalue weighted by Gasteiger charge is 2.28. The Morgan fingerprint density at radius 1 is 1.44 bits per heavy atom. The Kier molecular flexibility index (Phi) is 2.04. The molecule has 1 aromatic carbocycles. The van der Waals surface area contributed by atoms with Gasteiger partial charge in [0, 0.05) is 5.92 Å². The highest BCUT2D eigenvalue weighted by molar-refractivity contribution is 7.18. The Morgan fingerprint density at radius 2 is 2.19 bits per heavy atom. The van der Waals surface area contributed by atoms with E-state index in [-0.39, 0.29) is 11.8 Å². The fourth-order valence-corrected chi connectivity index (χ4v) is 2.80. The topological polar surface area (TPSA) is 30.0 Å². The maximum Gasteiger partial charge on any atom is 0.163 e. The smallest absolute Gasteiger partial charge is 0.163 e. The summed E-state index contributed by atoms with van der Waals surface area (Å²) in [5.74, 6) is -1.25. The zero-order valence-corrected chi connectivity index (χ0v) is 8.98. The summed E-state index contributed by atoms with van der Waals surface area (Å²) in [6, 6.07) is 1.19. The second-order valence-corrected chi connectivity index (χ2v) is 4.94. The zero-order valence-electron chi connectivity index (χ0n) is 8.17. The molecule has 0 aliphatic heterocycles. The van der Waals surface area contributed by atoms with Gasteiger partial charge in [-0.1, -0.05) is 0 Å². The second-order valence-electron chi connectivity index (χ2n) is 3.88. The number of aromatic nitrogens is 1. The monoisotopic (exact) mass is 239 g/mol. The van der Waals surface area contributed by atoms with Crippen LogP contribution < -0.4 is 0 Å².